The Morgan fingerprint density at radius 2 is 1.91 bits per heavy atom. The number of nitrogens with zero attached hydrogens (tertiary/aromatic N) is 5. The molecule has 0 aliphatic carbocycles. The lowest BCUT2D eigenvalue weighted by atomic mass is 10.1. The minimum atomic E-state index is 0.595. The van der Waals surface area contributed by atoms with Gasteiger partial charge in [0.15, 0.2) is 11.5 Å². The first kappa shape index (κ1) is 12.8. The molecule has 2 aromatic heterocycles. The summed E-state index contributed by atoms with van der Waals surface area (Å²) in [5.74, 6) is 0.806. The second-order valence-electron chi connectivity index (χ2n) is 5.52. The van der Waals surface area contributed by atoms with Crippen LogP contribution in [0.1, 0.15) is 18.4 Å². The summed E-state index contributed by atoms with van der Waals surface area (Å²) in [4.78, 5) is 2.40. The molecule has 0 atom stereocenters. The zero-order valence-electron chi connectivity index (χ0n) is 12.1. The predicted octanol–water partition coefficient (Wildman–Crippen LogP) is 2.87. The van der Waals surface area contributed by atoms with Gasteiger partial charge in [-0.05, 0) is 31.0 Å². The van der Waals surface area contributed by atoms with Gasteiger partial charge in [-0.25, -0.2) is 0 Å². The highest BCUT2D eigenvalue weighted by Crippen LogP contribution is 2.26. The first-order valence-electron chi connectivity index (χ1n) is 7.45. The Labute approximate surface area is 128 Å². The fourth-order valence-corrected chi connectivity index (χ4v) is 2.97. The summed E-state index contributed by atoms with van der Waals surface area (Å²) < 4.78 is 1.92. The van der Waals surface area contributed by atoms with E-state index >= 15 is 0 Å². The maximum atomic E-state index is 8.97. The molecule has 1 aliphatic rings. The van der Waals surface area contributed by atoms with Gasteiger partial charge in [0, 0.05) is 36.6 Å². The van der Waals surface area contributed by atoms with Crippen molar-refractivity contribution in [3.63, 3.8) is 0 Å². The van der Waals surface area contributed by atoms with E-state index in [4.69, 9.17) is 5.26 Å². The van der Waals surface area contributed by atoms with Crippen LogP contribution in [0.5, 0.6) is 0 Å². The summed E-state index contributed by atoms with van der Waals surface area (Å²) in [6.07, 6.45) is 4.37. The average molecular weight is 289 g/mol. The maximum Gasteiger partial charge on any atom is 0.168 e. The molecule has 5 heteroatoms. The van der Waals surface area contributed by atoms with Crippen molar-refractivity contribution in [2.75, 3.05) is 18.0 Å². The molecule has 0 saturated carbocycles. The molecule has 1 saturated heterocycles. The summed E-state index contributed by atoms with van der Waals surface area (Å²) in [5.41, 5.74) is 3.57. The predicted molar refractivity (Wildman–Crippen MR) is 84.6 cm³/mol. The first-order chi connectivity index (χ1) is 10.8. The van der Waals surface area contributed by atoms with Crippen LogP contribution in [0.4, 0.5) is 5.69 Å². The van der Waals surface area contributed by atoms with Crippen LogP contribution in [-0.4, -0.2) is 27.7 Å². The second kappa shape index (κ2) is 5.15. The van der Waals surface area contributed by atoms with Crippen molar-refractivity contribution in [2.24, 2.45) is 0 Å². The fourth-order valence-electron chi connectivity index (χ4n) is 2.97. The molecule has 1 fully saturated rings. The number of hydrogen-bond acceptors (Lipinski definition) is 4. The van der Waals surface area contributed by atoms with Crippen molar-refractivity contribution in [2.45, 2.75) is 12.8 Å². The molecule has 1 aromatic carbocycles. The van der Waals surface area contributed by atoms with Gasteiger partial charge in [0.05, 0.1) is 11.6 Å². The molecular weight excluding hydrogens is 274 g/mol. The van der Waals surface area contributed by atoms with Gasteiger partial charge in [0.1, 0.15) is 0 Å². The van der Waals surface area contributed by atoms with Gasteiger partial charge in [-0.3, -0.25) is 4.40 Å². The number of rotatable bonds is 2. The summed E-state index contributed by atoms with van der Waals surface area (Å²) in [5, 5.41) is 17.4. The molecule has 3 heterocycles. The minimum Gasteiger partial charge on any atom is -0.372 e. The van der Waals surface area contributed by atoms with Crippen LogP contribution in [0.2, 0.25) is 0 Å². The Kier molecular flexibility index (Phi) is 3.01. The van der Waals surface area contributed by atoms with Crippen molar-refractivity contribution in [3.05, 3.63) is 48.2 Å². The molecule has 0 bridgehead atoms. The Hall–Kier alpha value is -2.87. The number of hydrogen-bond donors (Lipinski definition) is 0. The zero-order chi connectivity index (χ0) is 14.9. The highest BCUT2D eigenvalue weighted by molar-refractivity contribution is 5.66. The number of fused-ring (bicyclic) bond motifs is 1. The van der Waals surface area contributed by atoms with Crippen molar-refractivity contribution in [1.29, 1.82) is 5.26 Å². The number of benzene rings is 1. The molecule has 3 aromatic rings. The van der Waals surface area contributed by atoms with Gasteiger partial charge >= 0.3 is 0 Å². The lowest BCUT2D eigenvalue weighted by Gasteiger charge is -2.18. The molecule has 0 N–H and O–H groups in total. The van der Waals surface area contributed by atoms with E-state index in [0.717, 1.165) is 24.5 Å². The smallest absolute Gasteiger partial charge is 0.168 e. The molecule has 22 heavy (non-hydrogen) atoms. The average Bonchev–Trinajstić information content (AvgIpc) is 3.24. The standard InChI is InChI=1S/C17H15N5/c18-12-13-6-9-22-16(10-13)19-20-17(22)14-4-3-5-15(11-14)21-7-1-2-8-21/h3-6,9-11H,1-2,7-8H2. The van der Waals surface area contributed by atoms with Crippen LogP contribution in [0.15, 0.2) is 42.6 Å². The van der Waals surface area contributed by atoms with Gasteiger partial charge in [0.25, 0.3) is 0 Å². The van der Waals surface area contributed by atoms with Gasteiger partial charge in [-0.1, -0.05) is 12.1 Å². The normalized spacial score (nSPS) is 14.4. The molecule has 0 amide bonds. The Morgan fingerprint density at radius 3 is 2.73 bits per heavy atom. The van der Waals surface area contributed by atoms with Crippen LogP contribution in [0.25, 0.3) is 17.0 Å². The molecule has 4 rings (SSSR count). The van der Waals surface area contributed by atoms with Gasteiger partial charge < -0.3 is 4.90 Å². The van der Waals surface area contributed by atoms with E-state index in [0.29, 0.717) is 11.2 Å². The van der Waals surface area contributed by atoms with Gasteiger partial charge in [-0.2, -0.15) is 5.26 Å². The Balaban J connectivity index is 1.78. The Morgan fingerprint density at radius 1 is 1.05 bits per heavy atom. The van der Waals surface area contributed by atoms with Crippen molar-refractivity contribution in [1.82, 2.24) is 14.6 Å². The highest BCUT2D eigenvalue weighted by Gasteiger charge is 2.14. The third kappa shape index (κ3) is 2.09. The van der Waals surface area contributed by atoms with Crippen LogP contribution >= 0.6 is 0 Å². The number of pyridine rings is 1. The first-order valence-corrected chi connectivity index (χ1v) is 7.45. The second-order valence-corrected chi connectivity index (χ2v) is 5.52. The SMILES string of the molecule is N#Cc1ccn2c(-c3cccc(N4CCCC4)c3)nnc2c1. The number of nitriles is 1. The molecule has 5 nitrogen and oxygen atoms in total. The lowest BCUT2D eigenvalue weighted by Crippen LogP contribution is -2.17. The van der Waals surface area contributed by atoms with Crippen LogP contribution < -0.4 is 4.90 Å². The monoisotopic (exact) mass is 289 g/mol. The lowest BCUT2D eigenvalue weighted by molar-refractivity contribution is 0.949. The van der Waals surface area contributed by atoms with Crippen LogP contribution in [0.3, 0.4) is 0 Å². The van der Waals surface area contributed by atoms with E-state index in [9.17, 15) is 0 Å². The molecule has 108 valence electrons. The molecule has 0 unspecified atom stereocenters. The third-order valence-corrected chi connectivity index (χ3v) is 4.11. The fraction of sp³-hybridized carbons (Fsp3) is 0.235. The van der Waals surface area contributed by atoms with E-state index in [1.165, 1.54) is 18.5 Å². The summed E-state index contributed by atoms with van der Waals surface area (Å²) >= 11 is 0. The molecular formula is C17H15N5. The molecule has 0 spiro atoms. The van der Waals surface area contributed by atoms with E-state index in [-0.39, 0.29) is 0 Å². The largest absolute Gasteiger partial charge is 0.372 e. The van der Waals surface area contributed by atoms with Crippen molar-refractivity contribution in [3.8, 4) is 17.5 Å². The topological polar surface area (TPSA) is 57.2 Å². The summed E-state index contributed by atoms with van der Waals surface area (Å²) in [6.45, 7) is 2.24. The summed E-state index contributed by atoms with van der Waals surface area (Å²) in [6, 6.07) is 14.1. The van der Waals surface area contributed by atoms with Crippen LogP contribution in [-0.2, 0) is 0 Å². The highest BCUT2D eigenvalue weighted by atomic mass is 15.2. The van der Waals surface area contributed by atoms with E-state index in [1.807, 2.05) is 16.7 Å². The van der Waals surface area contributed by atoms with E-state index in [2.05, 4.69) is 39.4 Å². The maximum absolute atomic E-state index is 8.97. The zero-order valence-corrected chi connectivity index (χ0v) is 12.1. The van der Waals surface area contributed by atoms with Gasteiger partial charge in [0.2, 0.25) is 0 Å². The van der Waals surface area contributed by atoms with Crippen LogP contribution in [0, 0.1) is 11.3 Å². The van der Waals surface area contributed by atoms with E-state index < -0.39 is 0 Å². The van der Waals surface area contributed by atoms with Crippen molar-refractivity contribution >= 4 is 11.3 Å². The minimum absolute atomic E-state index is 0.595. The molecule has 0 radical (unpaired) electrons. The van der Waals surface area contributed by atoms with E-state index in [1.54, 1.807) is 12.1 Å². The van der Waals surface area contributed by atoms with Gasteiger partial charge in [-0.15, -0.1) is 10.2 Å². The molecule has 1 aliphatic heterocycles. The quantitative estimate of drug-likeness (QED) is 0.728. The summed E-state index contributed by atoms with van der Waals surface area (Å²) in [7, 11) is 0. The Bertz CT molecular complexity index is 868. The number of aromatic nitrogens is 3. The number of anilines is 1. The third-order valence-electron chi connectivity index (χ3n) is 4.11. The van der Waals surface area contributed by atoms with Crippen molar-refractivity contribution < 1.29 is 0 Å².